The second-order valence-electron chi connectivity index (χ2n) is 6.79. The van der Waals surface area contributed by atoms with Crippen molar-refractivity contribution < 1.29 is 4.79 Å². The highest BCUT2D eigenvalue weighted by Gasteiger charge is 2.21. The molecule has 1 N–H and O–H groups in total. The summed E-state index contributed by atoms with van der Waals surface area (Å²) < 4.78 is 1.90. The van der Waals surface area contributed by atoms with E-state index in [-0.39, 0.29) is 5.91 Å². The van der Waals surface area contributed by atoms with Crippen LogP contribution < -0.4 is 5.32 Å². The van der Waals surface area contributed by atoms with Crippen LogP contribution in [-0.4, -0.2) is 39.3 Å². The molecule has 27 heavy (non-hydrogen) atoms. The quantitative estimate of drug-likeness (QED) is 0.657. The van der Waals surface area contributed by atoms with Crippen molar-refractivity contribution in [2.45, 2.75) is 25.8 Å². The summed E-state index contributed by atoms with van der Waals surface area (Å²) in [4.78, 5) is 19.5. The zero-order chi connectivity index (χ0) is 18.8. The van der Waals surface area contributed by atoms with Gasteiger partial charge in [-0.2, -0.15) is 0 Å². The molecule has 1 amide bonds. The lowest BCUT2D eigenvalue weighted by Gasteiger charge is -2.32. The molecule has 7 heteroatoms. The van der Waals surface area contributed by atoms with Gasteiger partial charge in [-0.05, 0) is 43.5 Å². The molecule has 3 aromatic rings. The van der Waals surface area contributed by atoms with Crippen LogP contribution in [0.3, 0.4) is 0 Å². The van der Waals surface area contributed by atoms with Crippen molar-refractivity contribution in [1.29, 1.82) is 0 Å². The normalized spacial score (nSPS) is 15.7. The molecule has 0 saturated carbocycles. The lowest BCUT2D eigenvalue weighted by Crippen LogP contribution is -2.41. The van der Waals surface area contributed by atoms with Gasteiger partial charge in [-0.3, -0.25) is 9.20 Å². The second kappa shape index (κ2) is 7.74. The number of likely N-dealkylation sites (tertiary alicyclic amines) is 1. The first-order chi connectivity index (χ1) is 13.1. The smallest absolute Gasteiger partial charge is 0.246 e. The number of amides is 1. The molecule has 1 aliphatic heterocycles. The third-order valence-electron chi connectivity index (χ3n) is 4.83. The van der Waals surface area contributed by atoms with Crippen molar-refractivity contribution >= 4 is 45.6 Å². The van der Waals surface area contributed by atoms with Gasteiger partial charge in [0.05, 0.1) is 5.69 Å². The lowest BCUT2D eigenvalue weighted by molar-refractivity contribution is -0.126. The number of carbonyl (C=O) groups excluding carboxylic acids is 1. The van der Waals surface area contributed by atoms with Gasteiger partial charge in [-0.1, -0.05) is 23.7 Å². The van der Waals surface area contributed by atoms with Crippen LogP contribution in [0.1, 0.15) is 24.1 Å². The molecule has 3 heterocycles. The molecule has 0 unspecified atom stereocenters. The van der Waals surface area contributed by atoms with Crippen molar-refractivity contribution in [3.05, 3.63) is 58.3 Å². The van der Waals surface area contributed by atoms with Crippen molar-refractivity contribution in [3.63, 3.8) is 0 Å². The molecule has 0 atom stereocenters. The fourth-order valence-corrected chi connectivity index (χ4v) is 4.40. The van der Waals surface area contributed by atoms with Crippen molar-refractivity contribution in [3.8, 4) is 0 Å². The number of hydrogen-bond acceptors (Lipinski definition) is 4. The Morgan fingerprint density at radius 3 is 2.96 bits per heavy atom. The van der Waals surface area contributed by atoms with Crippen LogP contribution in [0.2, 0.25) is 5.15 Å². The molecule has 1 aliphatic rings. The van der Waals surface area contributed by atoms with Gasteiger partial charge in [-0.25, -0.2) is 4.98 Å². The van der Waals surface area contributed by atoms with Crippen molar-refractivity contribution in [2.75, 3.05) is 18.4 Å². The molecule has 0 bridgehead atoms. The molecule has 1 fully saturated rings. The second-order valence-corrected chi connectivity index (χ2v) is 8.02. The van der Waals surface area contributed by atoms with Gasteiger partial charge in [0, 0.05) is 42.5 Å². The van der Waals surface area contributed by atoms with Crippen LogP contribution in [-0.2, 0) is 4.79 Å². The van der Waals surface area contributed by atoms with Gasteiger partial charge in [0.2, 0.25) is 5.91 Å². The van der Waals surface area contributed by atoms with Gasteiger partial charge in [-0.15, -0.1) is 11.3 Å². The van der Waals surface area contributed by atoms with E-state index in [4.69, 9.17) is 11.6 Å². The predicted octanol–water partition coefficient (Wildman–Crippen LogP) is 4.47. The summed E-state index contributed by atoms with van der Waals surface area (Å²) >= 11 is 7.69. The maximum Gasteiger partial charge on any atom is 0.246 e. The van der Waals surface area contributed by atoms with Crippen LogP contribution in [0.25, 0.3) is 11.0 Å². The summed E-state index contributed by atoms with van der Waals surface area (Å²) in [5, 5.41) is 5.95. The summed E-state index contributed by atoms with van der Waals surface area (Å²) in [5.74, 6) is 0.0188. The van der Waals surface area contributed by atoms with Gasteiger partial charge in [0.1, 0.15) is 0 Å². The number of nitrogens with one attached hydrogen (secondary N) is 1. The average molecular weight is 401 g/mol. The van der Waals surface area contributed by atoms with E-state index < -0.39 is 0 Å². The number of aromatic nitrogens is 2. The topological polar surface area (TPSA) is 49.6 Å². The summed E-state index contributed by atoms with van der Waals surface area (Å²) in [6, 6.07) is 8.80. The average Bonchev–Trinajstić information content (AvgIpc) is 3.21. The number of imidazole rings is 1. The van der Waals surface area contributed by atoms with E-state index in [9.17, 15) is 4.79 Å². The predicted molar refractivity (Wildman–Crippen MR) is 112 cm³/mol. The molecule has 0 spiro atoms. The number of carbonyl (C=O) groups is 1. The minimum absolute atomic E-state index is 0.0188. The Bertz CT molecular complexity index is 985. The molecule has 140 valence electrons. The summed E-state index contributed by atoms with van der Waals surface area (Å²) in [5.41, 5.74) is 3.14. The molecule has 1 aromatic carbocycles. The Balaban J connectivity index is 1.34. The summed E-state index contributed by atoms with van der Waals surface area (Å²) in [7, 11) is 0. The fourth-order valence-electron chi connectivity index (χ4n) is 3.40. The van der Waals surface area contributed by atoms with E-state index >= 15 is 0 Å². The molecule has 2 aromatic heterocycles. The zero-order valence-corrected chi connectivity index (χ0v) is 16.6. The number of halogens is 1. The highest BCUT2D eigenvalue weighted by Crippen LogP contribution is 2.23. The van der Waals surface area contributed by atoms with Gasteiger partial charge < -0.3 is 10.2 Å². The number of nitrogens with zero attached hydrogens (tertiary/aromatic N) is 3. The Hall–Kier alpha value is -2.31. The summed E-state index contributed by atoms with van der Waals surface area (Å²) in [6.07, 6.45) is 7.15. The first kappa shape index (κ1) is 18.1. The maximum atomic E-state index is 12.5. The SMILES string of the molecule is Cc1cccc(NC2CCN(C(=O)/C=C/c3c(Cl)nc4sccn34)CC2)c1. The van der Waals surface area contributed by atoms with Crippen molar-refractivity contribution in [2.24, 2.45) is 0 Å². The molecule has 0 aliphatic carbocycles. The van der Waals surface area contributed by atoms with Gasteiger partial charge in [0.15, 0.2) is 10.1 Å². The number of benzene rings is 1. The Morgan fingerprint density at radius 1 is 1.37 bits per heavy atom. The first-order valence-electron chi connectivity index (χ1n) is 9.01. The van der Waals surface area contributed by atoms with Gasteiger partial charge >= 0.3 is 0 Å². The minimum atomic E-state index is 0.0188. The Morgan fingerprint density at radius 2 is 2.19 bits per heavy atom. The van der Waals surface area contributed by atoms with E-state index in [1.807, 2.05) is 20.9 Å². The number of thiazole rings is 1. The Labute approximate surface area is 167 Å². The standard InChI is InChI=1S/C20H21ClN4OS/c1-14-3-2-4-16(13-14)22-15-7-9-24(10-8-15)18(26)6-5-17-19(21)23-20-25(17)11-12-27-20/h2-6,11-13,15,22H,7-10H2,1H3/b6-5+. The number of hydrogen-bond donors (Lipinski definition) is 1. The molecule has 5 nitrogen and oxygen atoms in total. The third kappa shape index (κ3) is 4.01. The van der Waals surface area contributed by atoms with Crippen LogP contribution in [0.15, 0.2) is 41.9 Å². The Kier molecular flexibility index (Phi) is 5.18. The maximum absolute atomic E-state index is 12.5. The number of piperidine rings is 1. The molecule has 0 radical (unpaired) electrons. The van der Waals surface area contributed by atoms with Crippen molar-refractivity contribution in [1.82, 2.24) is 14.3 Å². The molecular weight excluding hydrogens is 380 g/mol. The molecular formula is C20H21ClN4OS. The molecule has 1 saturated heterocycles. The van der Waals surface area contributed by atoms with Crippen LogP contribution in [0, 0.1) is 6.92 Å². The van der Waals surface area contributed by atoms with E-state index in [2.05, 4.69) is 41.5 Å². The number of aryl methyl sites for hydroxylation is 1. The van der Waals surface area contributed by atoms with Gasteiger partial charge in [0.25, 0.3) is 0 Å². The van der Waals surface area contributed by atoms with E-state index in [1.165, 1.54) is 16.9 Å². The lowest BCUT2D eigenvalue weighted by atomic mass is 10.0. The number of fused-ring (bicyclic) bond motifs is 1. The van der Waals surface area contributed by atoms with Crippen LogP contribution in [0.5, 0.6) is 0 Å². The number of rotatable bonds is 4. The van der Waals surface area contributed by atoms with E-state index in [0.29, 0.717) is 11.2 Å². The largest absolute Gasteiger partial charge is 0.382 e. The van der Waals surface area contributed by atoms with Crippen LogP contribution in [0.4, 0.5) is 5.69 Å². The highest BCUT2D eigenvalue weighted by atomic mass is 35.5. The highest BCUT2D eigenvalue weighted by molar-refractivity contribution is 7.15. The fraction of sp³-hybridized carbons (Fsp3) is 0.300. The monoisotopic (exact) mass is 400 g/mol. The zero-order valence-electron chi connectivity index (χ0n) is 15.1. The van der Waals surface area contributed by atoms with E-state index in [0.717, 1.165) is 42.3 Å². The minimum Gasteiger partial charge on any atom is -0.382 e. The first-order valence-corrected chi connectivity index (χ1v) is 10.3. The number of anilines is 1. The van der Waals surface area contributed by atoms with E-state index in [1.54, 1.807) is 12.2 Å². The van der Waals surface area contributed by atoms with Crippen LogP contribution >= 0.6 is 22.9 Å². The molecule has 4 rings (SSSR count). The summed E-state index contributed by atoms with van der Waals surface area (Å²) in [6.45, 7) is 3.59. The third-order valence-corrected chi connectivity index (χ3v) is 5.87.